The second kappa shape index (κ2) is 10.3. The van der Waals surface area contributed by atoms with Crippen LogP contribution in [-0.2, 0) is 11.3 Å². The van der Waals surface area contributed by atoms with Crippen molar-refractivity contribution >= 4 is 44.7 Å². The van der Waals surface area contributed by atoms with E-state index in [4.69, 9.17) is 11.6 Å². The lowest BCUT2D eigenvalue weighted by Crippen LogP contribution is -2.18. The van der Waals surface area contributed by atoms with Gasteiger partial charge in [0.1, 0.15) is 0 Å². The summed E-state index contributed by atoms with van der Waals surface area (Å²) in [6.07, 6.45) is 4.23. The van der Waals surface area contributed by atoms with Crippen molar-refractivity contribution in [3.63, 3.8) is 0 Å². The third-order valence-corrected chi connectivity index (χ3v) is 6.19. The van der Waals surface area contributed by atoms with Crippen LogP contribution < -0.4 is 5.32 Å². The maximum Gasteiger partial charge on any atom is 0.249 e. The maximum atomic E-state index is 12.8. The smallest absolute Gasteiger partial charge is 0.249 e. The standard InChI is InChI=1S/C26H24BrClN2O/c27-22-9-13-24(14-10-22)29-26(31)17-25(21-7-11-23(28)12-8-21)20-5-3-19(4-6-20)18-30-15-1-2-16-30/h3-14,17H,1-2,15-16,18H2,(H,29,31)/b25-17+. The Kier molecular flexibility index (Phi) is 7.23. The van der Waals surface area contributed by atoms with Crippen molar-refractivity contribution in [1.82, 2.24) is 4.90 Å². The Balaban J connectivity index is 1.59. The molecule has 3 nitrogen and oxygen atoms in total. The van der Waals surface area contributed by atoms with E-state index in [-0.39, 0.29) is 5.91 Å². The summed E-state index contributed by atoms with van der Waals surface area (Å²) in [5.41, 5.74) is 4.85. The van der Waals surface area contributed by atoms with Gasteiger partial charge in [-0.1, -0.05) is 63.9 Å². The van der Waals surface area contributed by atoms with Crippen molar-refractivity contribution in [1.29, 1.82) is 0 Å². The van der Waals surface area contributed by atoms with Crippen molar-refractivity contribution in [2.75, 3.05) is 18.4 Å². The van der Waals surface area contributed by atoms with Crippen LogP contribution in [-0.4, -0.2) is 23.9 Å². The second-order valence-corrected chi connectivity index (χ2v) is 9.09. The normalized spacial score (nSPS) is 14.6. The van der Waals surface area contributed by atoms with E-state index in [1.165, 1.54) is 31.5 Å². The van der Waals surface area contributed by atoms with Gasteiger partial charge in [-0.15, -0.1) is 0 Å². The molecule has 1 aliphatic heterocycles. The van der Waals surface area contributed by atoms with Gasteiger partial charge in [0.15, 0.2) is 0 Å². The van der Waals surface area contributed by atoms with E-state index in [0.717, 1.165) is 33.4 Å². The zero-order chi connectivity index (χ0) is 21.6. The number of carbonyl (C=O) groups is 1. The number of hydrogen-bond acceptors (Lipinski definition) is 2. The van der Waals surface area contributed by atoms with Gasteiger partial charge in [-0.05, 0) is 84.6 Å². The van der Waals surface area contributed by atoms with Crippen LogP contribution in [0.4, 0.5) is 5.69 Å². The van der Waals surface area contributed by atoms with Gasteiger partial charge < -0.3 is 5.32 Å². The minimum atomic E-state index is -0.173. The van der Waals surface area contributed by atoms with Crippen LogP contribution in [0.3, 0.4) is 0 Å². The molecule has 1 heterocycles. The Morgan fingerprint density at radius 2 is 1.48 bits per heavy atom. The number of anilines is 1. The summed E-state index contributed by atoms with van der Waals surface area (Å²) >= 11 is 9.50. The number of carbonyl (C=O) groups excluding carboxylic acids is 1. The van der Waals surface area contributed by atoms with E-state index in [2.05, 4.69) is 50.4 Å². The lowest BCUT2D eigenvalue weighted by molar-refractivity contribution is -0.111. The fourth-order valence-corrected chi connectivity index (χ4v) is 4.18. The van der Waals surface area contributed by atoms with Gasteiger partial charge in [0.2, 0.25) is 5.91 Å². The molecule has 1 fully saturated rings. The van der Waals surface area contributed by atoms with Gasteiger partial charge in [-0.3, -0.25) is 9.69 Å². The van der Waals surface area contributed by atoms with Gasteiger partial charge in [0.05, 0.1) is 0 Å². The Bertz CT molecular complexity index is 1050. The first kappa shape index (κ1) is 21.8. The fourth-order valence-electron chi connectivity index (χ4n) is 3.79. The number of hydrogen-bond donors (Lipinski definition) is 1. The maximum absolute atomic E-state index is 12.8. The molecule has 0 aromatic heterocycles. The van der Waals surface area contributed by atoms with Gasteiger partial charge in [0.25, 0.3) is 0 Å². The van der Waals surface area contributed by atoms with Gasteiger partial charge >= 0.3 is 0 Å². The summed E-state index contributed by atoms with van der Waals surface area (Å²) in [5.74, 6) is -0.173. The first-order valence-corrected chi connectivity index (χ1v) is 11.6. The molecule has 3 aromatic carbocycles. The quantitative estimate of drug-likeness (QED) is 0.383. The molecule has 1 N–H and O–H groups in total. The van der Waals surface area contributed by atoms with Crippen LogP contribution >= 0.6 is 27.5 Å². The predicted octanol–water partition coefficient (Wildman–Crippen LogP) is 6.77. The van der Waals surface area contributed by atoms with E-state index in [1.54, 1.807) is 6.08 Å². The largest absolute Gasteiger partial charge is 0.322 e. The summed E-state index contributed by atoms with van der Waals surface area (Å²) in [6, 6.07) is 23.6. The molecule has 0 spiro atoms. The topological polar surface area (TPSA) is 32.3 Å². The van der Waals surface area contributed by atoms with Crippen LogP contribution in [0.25, 0.3) is 5.57 Å². The molecule has 31 heavy (non-hydrogen) atoms. The van der Waals surface area contributed by atoms with Gasteiger partial charge in [-0.2, -0.15) is 0 Å². The molecular weight excluding hydrogens is 472 g/mol. The van der Waals surface area contributed by atoms with Crippen LogP contribution in [0.1, 0.15) is 29.5 Å². The molecule has 0 atom stereocenters. The molecule has 5 heteroatoms. The number of nitrogens with zero attached hydrogens (tertiary/aromatic N) is 1. The van der Waals surface area contributed by atoms with Crippen molar-refractivity contribution in [3.8, 4) is 0 Å². The molecule has 0 bridgehead atoms. The van der Waals surface area contributed by atoms with Crippen LogP contribution in [0.5, 0.6) is 0 Å². The zero-order valence-electron chi connectivity index (χ0n) is 17.2. The average Bonchev–Trinajstić information content (AvgIpc) is 3.28. The molecule has 1 amide bonds. The summed E-state index contributed by atoms with van der Waals surface area (Å²) < 4.78 is 0.969. The van der Waals surface area contributed by atoms with E-state index in [1.807, 2.05) is 48.5 Å². The SMILES string of the molecule is O=C(/C=C(/c1ccc(Cl)cc1)c1ccc(CN2CCCC2)cc1)Nc1ccc(Br)cc1. The third kappa shape index (κ3) is 6.07. The summed E-state index contributed by atoms with van der Waals surface area (Å²) in [5, 5.41) is 3.61. The molecule has 0 radical (unpaired) electrons. The first-order valence-electron chi connectivity index (χ1n) is 10.4. The average molecular weight is 496 g/mol. The highest BCUT2D eigenvalue weighted by Gasteiger charge is 2.13. The fraction of sp³-hybridized carbons (Fsp3) is 0.192. The van der Waals surface area contributed by atoms with Crippen molar-refractivity contribution in [2.45, 2.75) is 19.4 Å². The molecule has 0 saturated carbocycles. The molecule has 0 aliphatic carbocycles. The van der Waals surface area contributed by atoms with E-state index in [0.29, 0.717) is 5.02 Å². The van der Waals surface area contributed by atoms with E-state index >= 15 is 0 Å². The second-order valence-electron chi connectivity index (χ2n) is 7.74. The number of likely N-dealkylation sites (tertiary alicyclic amines) is 1. The van der Waals surface area contributed by atoms with Crippen LogP contribution in [0.2, 0.25) is 5.02 Å². The Morgan fingerprint density at radius 3 is 2.10 bits per heavy atom. The Morgan fingerprint density at radius 1 is 0.903 bits per heavy atom. The Labute approximate surface area is 196 Å². The zero-order valence-corrected chi connectivity index (χ0v) is 19.5. The molecule has 3 aromatic rings. The summed E-state index contributed by atoms with van der Waals surface area (Å²) in [6.45, 7) is 3.33. The van der Waals surface area contributed by atoms with E-state index < -0.39 is 0 Å². The monoisotopic (exact) mass is 494 g/mol. The number of nitrogens with one attached hydrogen (secondary N) is 1. The highest BCUT2D eigenvalue weighted by atomic mass is 79.9. The Hall–Kier alpha value is -2.40. The number of benzene rings is 3. The molecule has 1 aliphatic rings. The highest BCUT2D eigenvalue weighted by molar-refractivity contribution is 9.10. The van der Waals surface area contributed by atoms with E-state index in [9.17, 15) is 4.79 Å². The molecule has 0 unspecified atom stereocenters. The van der Waals surface area contributed by atoms with Crippen molar-refractivity contribution in [2.24, 2.45) is 0 Å². The van der Waals surface area contributed by atoms with Crippen LogP contribution in [0.15, 0.2) is 83.3 Å². The van der Waals surface area contributed by atoms with Crippen molar-refractivity contribution < 1.29 is 4.79 Å². The molecular formula is C26H24BrClN2O. The predicted molar refractivity (Wildman–Crippen MR) is 132 cm³/mol. The molecule has 4 rings (SSSR count). The minimum absolute atomic E-state index is 0.173. The lowest BCUT2D eigenvalue weighted by Gasteiger charge is -2.15. The first-order chi connectivity index (χ1) is 15.1. The molecule has 1 saturated heterocycles. The van der Waals surface area contributed by atoms with Gasteiger partial charge in [0, 0.05) is 27.8 Å². The molecule has 158 valence electrons. The highest BCUT2D eigenvalue weighted by Crippen LogP contribution is 2.26. The number of amides is 1. The number of rotatable bonds is 6. The van der Waals surface area contributed by atoms with Gasteiger partial charge in [-0.25, -0.2) is 0 Å². The third-order valence-electron chi connectivity index (χ3n) is 5.41. The lowest BCUT2D eigenvalue weighted by atomic mass is 9.96. The number of halogens is 2. The summed E-state index contributed by atoms with van der Waals surface area (Å²) in [4.78, 5) is 15.3. The summed E-state index contributed by atoms with van der Waals surface area (Å²) in [7, 11) is 0. The van der Waals surface area contributed by atoms with Crippen molar-refractivity contribution in [3.05, 3.63) is 105 Å². The minimum Gasteiger partial charge on any atom is -0.322 e. The van der Waals surface area contributed by atoms with Crippen LogP contribution in [0, 0.1) is 0 Å².